The zero-order valence-electron chi connectivity index (χ0n) is 8.87. The highest BCUT2D eigenvalue weighted by Gasteiger charge is 1.94. The topological polar surface area (TPSA) is 34.1 Å². The maximum Gasteiger partial charge on any atom is 0.213 e. The Kier molecular flexibility index (Phi) is 4.13. The molecule has 0 fully saturated rings. The quantitative estimate of drug-likeness (QED) is 0.788. The standard InChI is InChI=1S/C11H16N2O/c1-9(8-12-2)7-10-5-4-6-11(13-10)14-3/h4-7,12H,8H2,1-3H3/b9-7+. The van der Waals surface area contributed by atoms with Crippen molar-refractivity contribution >= 4 is 6.08 Å². The van der Waals surface area contributed by atoms with Gasteiger partial charge in [-0.1, -0.05) is 11.6 Å². The summed E-state index contributed by atoms with van der Waals surface area (Å²) in [5, 5.41) is 3.09. The molecule has 0 amide bonds. The largest absolute Gasteiger partial charge is 0.481 e. The second-order valence-electron chi connectivity index (χ2n) is 3.13. The molecule has 14 heavy (non-hydrogen) atoms. The molecule has 1 aromatic heterocycles. The number of nitrogens with zero attached hydrogens (tertiary/aromatic N) is 1. The third kappa shape index (κ3) is 3.18. The molecule has 0 aromatic carbocycles. The van der Waals surface area contributed by atoms with Crippen molar-refractivity contribution in [2.24, 2.45) is 0 Å². The lowest BCUT2D eigenvalue weighted by atomic mass is 10.2. The molecule has 0 aliphatic heterocycles. The van der Waals surface area contributed by atoms with E-state index in [0.29, 0.717) is 5.88 Å². The molecule has 0 atom stereocenters. The molecule has 0 aliphatic rings. The molecule has 3 heteroatoms. The fraction of sp³-hybridized carbons (Fsp3) is 0.364. The first kappa shape index (κ1) is 10.7. The number of nitrogens with one attached hydrogen (secondary N) is 1. The lowest BCUT2D eigenvalue weighted by molar-refractivity contribution is 0.397. The molecule has 0 saturated carbocycles. The summed E-state index contributed by atoms with van der Waals surface area (Å²) in [5.74, 6) is 0.649. The van der Waals surface area contributed by atoms with Crippen molar-refractivity contribution in [3.8, 4) is 5.88 Å². The molecule has 0 aliphatic carbocycles. The van der Waals surface area contributed by atoms with Crippen LogP contribution in [-0.4, -0.2) is 25.7 Å². The van der Waals surface area contributed by atoms with E-state index >= 15 is 0 Å². The number of pyridine rings is 1. The van der Waals surface area contributed by atoms with Gasteiger partial charge >= 0.3 is 0 Å². The van der Waals surface area contributed by atoms with Crippen LogP contribution in [-0.2, 0) is 0 Å². The third-order valence-electron chi connectivity index (χ3n) is 1.80. The molecule has 0 bridgehead atoms. The molecule has 0 radical (unpaired) electrons. The van der Waals surface area contributed by atoms with E-state index in [0.717, 1.165) is 12.2 Å². The van der Waals surface area contributed by atoms with Crippen LogP contribution in [0.2, 0.25) is 0 Å². The Labute approximate surface area is 84.8 Å². The highest BCUT2D eigenvalue weighted by molar-refractivity contribution is 5.49. The van der Waals surface area contributed by atoms with Gasteiger partial charge in [-0.15, -0.1) is 0 Å². The van der Waals surface area contributed by atoms with Gasteiger partial charge in [0.15, 0.2) is 0 Å². The van der Waals surface area contributed by atoms with Gasteiger partial charge < -0.3 is 10.1 Å². The Morgan fingerprint density at radius 3 is 3.00 bits per heavy atom. The summed E-state index contributed by atoms with van der Waals surface area (Å²) in [7, 11) is 3.55. The smallest absolute Gasteiger partial charge is 0.213 e. The molecule has 1 heterocycles. The normalized spacial score (nSPS) is 11.5. The third-order valence-corrected chi connectivity index (χ3v) is 1.80. The predicted octanol–water partition coefficient (Wildman–Crippen LogP) is 1.71. The minimum absolute atomic E-state index is 0.649. The Hall–Kier alpha value is -1.35. The van der Waals surface area contributed by atoms with Crippen LogP contribution < -0.4 is 10.1 Å². The minimum atomic E-state index is 0.649. The summed E-state index contributed by atoms with van der Waals surface area (Å²) >= 11 is 0. The molecule has 1 N–H and O–H groups in total. The molecule has 1 rings (SSSR count). The second-order valence-corrected chi connectivity index (χ2v) is 3.13. The van der Waals surface area contributed by atoms with Gasteiger partial charge in [-0.3, -0.25) is 0 Å². The van der Waals surface area contributed by atoms with Crippen LogP contribution in [0.3, 0.4) is 0 Å². The Morgan fingerprint density at radius 1 is 1.57 bits per heavy atom. The lowest BCUT2D eigenvalue weighted by Gasteiger charge is -2.01. The Balaban J connectivity index is 2.80. The van der Waals surface area contributed by atoms with Crippen molar-refractivity contribution in [1.82, 2.24) is 10.3 Å². The molecule has 1 aromatic rings. The first-order valence-electron chi connectivity index (χ1n) is 4.59. The lowest BCUT2D eigenvalue weighted by Crippen LogP contribution is -2.08. The fourth-order valence-electron chi connectivity index (χ4n) is 1.21. The highest BCUT2D eigenvalue weighted by atomic mass is 16.5. The molecule has 76 valence electrons. The zero-order chi connectivity index (χ0) is 10.4. The highest BCUT2D eigenvalue weighted by Crippen LogP contribution is 2.09. The number of methoxy groups -OCH3 is 1. The maximum absolute atomic E-state index is 5.04. The van der Waals surface area contributed by atoms with Crippen LogP contribution in [0.5, 0.6) is 5.88 Å². The van der Waals surface area contributed by atoms with E-state index in [-0.39, 0.29) is 0 Å². The van der Waals surface area contributed by atoms with Crippen molar-refractivity contribution in [2.45, 2.75) is 6.92 Å². The number of likely N-dealkylation sites (N-methyl/N-ethyl adjacent to an activating group) is 1. The van der Waals surface area contributed by atoms with Gasteiger partial charge in [0.25, 0.3) is 0 Å². The van der Waals surface area contributed by atoms with Crippen molar-refractivity contribution < 1.29 is 4.74 Å². The summed E-state index contributed by atoms with van der Waals surface area (Å²) in [6.45, 7) is 2.94. The van der Waals surface area contributed by atoms with E-state index < -0.39 is 0 Å². The first-order valence-corrected chi connectivity index (χ1v) is 4.59. The van der Waals surface area contributed by atoms with Gasteiger partial charge in [-0.2, -0.15) is 0 Å². The van der Waals surface area contributed by atoms with Crippen LogP contribution in [0, 0.1) is 0 Å². The van der Waals surface area contributed by atoms with Crippen molar-refractivity contribution in [3.63, 3.8) is 0 Å². The van der Waals surface area contributed by atoms with Crippen LogP contribution in [0.4, 0.5) is 0 Å². The summed E-state index contributed by atoms with van der Waals surface area (Å²) in [6.07, 6.45) is 2.04. The van der Waals surface area contributed by atoms with E-state index in [2.05, 4.69) is 17.2 Å². The average Bonchev–Trinajstić information content (AvgIpc) is 2.18. The molecular weight excluding hydrogens is 176 g/mol. The van der Waals surface area contributed by atoms with Crippen LogP contribution in [0.1, 0.15) is 12.6 Å². The second kappa shape index (κ2) is 5.40. The molecule has 3 nitrogen and oxygen atoms in total. The minimum Gasteiger partial charge on any atom is -0.481 e. The number of rotatable bonds is 4. The molecular formula is C11H16N2O. The van der Waals surface area contributed by atoms with E-state index in [1.807, 2.05) is 31.3 Å². The van der Waals surface area contributed by atoms with Crippen LogP contribution >= 0.6 is 0 Å². The maximum atomic E-state index is 5.04. The SMILES string of the molecule is CNC/C(C)=C/c1cccc(OC)n1. The van der Waals surface area contributed by atoms with Crippen molar-refractivity contribution in [3.05, 3.63) is 29.5 Å². The van der Waals surface area contributed by atoms with Gasteiger partial charge in [-0.05, 0) is 26.1 Å². The van der Waals surface area contributed by atoms with Crippen molar-refractivity contribution in [2.75, 3.05) is 20.7 Å². The van der Waals surface area contributed by atoms with Crippen molar-refractivity contribution in [1.29, 1.82) is 0 Å². The van der Waals surface area contributed by atoms with E-state index in [1.54, 1.807) is 7.11 Å². The first-order chi connectivity index (χ1) is 6.76. The molecule has 0 unspecified atom stereocenters. The zero-order valence-corrected chi connectivity index (χ0v) is 8.87. The number of ether oxygens (including phenoxy) is 1. The van der Waals surface area contributed by atoms with Gasteiger partial charge in [-0.25, -0.2) is 4.98 Å². The number of hydrogen-bond acceptors (Lipinski definition) is 3. The van der Waals surface area contributed by atoms with Gasteiger partial charge in [0, 0.05) is 12.6 Å². The Morgan fingerprint density at radius 2 is 2.36 bits per heavy atom. The number of hydrogen-bond donors (Lipinski definition) is 1. The van der Waals surface area contributed by atoms with Crippen LogP contribution in [0.15, 0.2) is 23.8 Å². The molecule has 0 saturated heterocycles. The summed E-state index contributed by atoms with van der Waals surface area (Å²) in [5.41, 5.74) is 2.17. The molecule has 0 spiro atoms. The summed E-state index contributed by atoms with van der Waals surface area (Å²) < 4.78 is 5.04. The monoisotopic (exact) mass is 192 g/mol. The van der Waals surface area contributed by atoms with Gasteiger partial charge in [0.1, 0.15) is 0 Å². The number of aromatic nitrogens is 1. The predicted molar refractivity (Wildman–Crippen MR) is 58.4 cm³/mol. The van der Waals surface area contributed by atoms with E-state index in [4.69, 9.17) is 4.74 Å². The van der Waals surface area contributed by atoms with E-state index in [1.165, 1.54) is 5.57 Å². The summed E-state index contributed by atoms with van der Waals surface area (Å²) in [6, 6.07) is 5.73. The van der Waals surface area contributed by atoms with Gasteiger partial charge in [0.2, 0.25) is 5.88 Å². The van der Waals surface area contributed by atoms with Crippen LogP contribution in [0.25, 0.3) is 6.08 Å². The van der Waals surface area contributed by atoms with E-state index in [9.17, 15) is 0 Å². The fourth-order valence-corrected chi connectivity index (χ4v) is 1.21. The average molecular weight is 192 g/mol. The summed E-state index contributed by atoms with van der Waals surface area (Å²) in [4.78, 5) is 4.29. The Bertz CT molecular complexity index is 321. The van der Waals surface area contributed by atoms with Gasteiger partial charge in [0.05, 0.1) is 12.8 Å².